The number of hydrogen-bond donors (Lipinski definition) is 1. The third-order valence-corrected chi connectivity index (χ3v) is 7.44. The second-order valence-electron chi connectivity index (χ2n) is 9.58. The lowest BCUT2D eigenvalue weighted by Gasteiger charge is -2.36. The predicted molar refractivity (Wildman–Crippen MR) is 146 cm³/mol. The Bertz CT molecular complexity index is 1590. The molecule has 0 amide bonds. The molecular weight excluding hydrogens is 522 g/mol. The van der Waals surface area contributed by atoms with Crippen molar-refractivity contribution in [3.05, 3.63) is 97.6 Å². The Balaban J connectivity index is 1.64. The Labute approximate surface area is 230 Å². The Hall–Kier alpha value is -3.88. The molecule has 1 aliphatic heterocycles. The van der Waals surface area contributed by atoms with Crippen LogP contribution >= 0.6 is 11.6 Å². The molecule has 0 radical (unpaired) electrons. The van der Waals surface area contributed by atoms with E-state index in [2.05, 4.69) is 5.32 Å². The van der Waals surface area contributed by atoms with Crippen molar-refractivity contribution in [1.82, 2.24) is 5.32 Å². The molecule has 1 aliphatic carbocycles. The molecule has 5 rings (SSSR count). The Kier molecular flexibility index (Phi) is 7.59. The van der Waals surface area contributed by atoms with E-state index >= 15 is 0 Å². The van der Waals surface area contributed by atoms with Crippen LogP contribution in [0.3, 0.4) is 0 Å². The number of rotatable bonds is 7. The quantitative estimate of drug-likeness (QED) is 0.324. The second-order valence-corrected chi connectivity index (χ2v) is 10.0. The van der Waals surface area contributed by atoms with Crippen LogP contribution in [-0.2, 0) is 19.1 Å². The van der Waals surface area contributed by atoms with Crippen molar-refractivity contribution in [1.29, 1.82) is 0 Å². The highest BCUT2D eigenvalue weighted by Gasteiger charge is 2.43. The number of ketones is 1. The van der Waals surface area contributed by atoms with Gasteiger partial charge in [-0.2, -0.15) is 0 Å². The molecule has 1 aromatic heterocycles. The summed E-state index contributed by atoms with van der Waals surface area (Å²) in [6, 6.07) is 12.4. The van der Waals surface area contributed by atoms with Gasteiger partial charge in [-0.05, 0) is 55.2 Å². The van der Waals surface area contributed by atoms with Crippen LogP contribution in [0.25, 0.3) is 11.0 Å². The normalized spacial score (nSPS) is 19.1. The lowest BCUT2D eigenvalue weighted by Crippen LogP contribution is -2.37. The van der Waals surface area contributed by atoms with E-state index in [-0.39, 0.29) is 53.3 Å². The number of nitrogens with one attached hydrogen (secondary N) is 1. The minimum atomic E-state index is -0.963. The summed E-state index contributed by atoms with van der Waals surface area (Å²) in [5, 5.41) is 3.92. The maximum atomic E-state index is 13.8. The smallest absolute Gasteiger partial charge is 0.336 e. The highest BCUT2D eigenvalue weighted by Crippen LogP contribution is 2.45. The second kappa shape index (κ2) is 11.1. The molecule has 0 bridgehead atoms. The Morgan fingerprint density at radius 3 is 2.69 bits per heavy atom. The summed E-state index contributed by atoms with van der Waals surface area (Å²) in [6.45, 7) is 1.98. The summed E-state index contributed by atoms with van der Waals surface area (Å²) < 4.78 is 21.6. The van der Waals surface area contributed by atoms with Gasteiger partial charge in [0.25, 0.3) is 0 Å². The van der Waals surface area contributed by atoms with E-state index in [1.54, 1.807) is 26.2 Å². The SMILES string of the molecule is COCCOC(=O)C1=C(C)NC2=C(C(=O)C[C@@H](c3cccc(OC)c3)C2)[C@H]1c1coc2ccc(Cl)cc2c1=O. The standard InChI is InChI=1S/C30H28ClNO7/c1-16-26(30(35)38-10-9-36-2)27(22-15-39-25-8-7-19(31)14-21(25)29(22)34)28-23(32-16)12-18(13-24(28)33)17-5-4-6-20(11-17)37-3/h4-8,11,14-15,18,27,32H,9-10,12-13H2,1-3H3/t18-,27-/m0/s1. The van der Waals surface area contributed by atoms with Crippen molar-refractivity contribution in [3.8, 4) is 5.75 Å². The summed E-state index contributed by atoms with van der Waals surface area (Å²) in [5.41, 5.74) is 2.86. The highest BCUT2D eigenvalue weighted by atomic mass is 35.5. The van der Waals surface area contributed by atoms with Gasteiger partial charge in [-0.1, -0.05) is 23.7 Å². The number of carbonyl (C=O) groups excluding carboxylic acids is 2. The predicted octanol–water partition coefficient (Wildman–Crippen LogP) is 5.01. The fourth-order valence-electron chi connectivity index (χ4n) is 5.36. The summed E-state index contributed by atoms with van der Waals surface area (Å²) >= 11 is 6.17. The number of halogens is 1. The number of hydrogen-bond acceptors (Lipinski definition) is 8. The maximum Gasteiger partial charge on any atom is 0.336 e. The Morgan fingerprint density at radius 1 is 1.10 bits per heavy atom. The number of carbonyl (C=O) groups is 2. The molecule has 2 aromatic carbocycles. The summed E-state index contributed by atoms with van der Waals surface area (Å²) in [5.74, 6) is -1.16. The van der Waals surface area contributed by atoms with Gasteiger partial charge in [0.15, 0.2) is 11.2 Å². The number of dihydropyridines is 1. The number of Topliss-reactive ketones (excluding diaryl/α,β-unsaturated/α-hetero) is 1. The van der Waals surface area contributed by atoms with Crippen LogP contribution in [0.5, 0.6) is 5.75 Å². The molecule has 0 fully saturated rings. The van der Waals surface area contributed by atoms with Crippen molar-refractivity contribution in [2.45, 2.75) is 31.6 Å². The molecule has 1 N–H and O–H groups in total. The topological polar surface area (TPSA) is 104 Å². The number of ether oxygens (including phenoxy) is 3. The number of esters is 1. The van der Waals surface area contributed by atoms with Gasteiger partial charge < -0.3 is 23.9 Å². The van der Waals surface area contributed by atoms with Gasteiger partial charge in [-0.15, -0.1) is 0 Å². The van der Waals surface area contributed by atoms with Gasteiger partial charge in [-0.25, -0.2) is 4.79 Å². The first kappa shape index (κ1) is 26.7. The minimum absolute atomic E-state index is 0.0263. The highest BCUT2D eigenvalue weighted by molar-refractivity contribution is 6.31. The van der Waals surface area contributed by atoms with Crippen molar-refractivity contribution in [2.24, 2.45) is 0 Å². The number of allylic oxidation sites excluding steroid dienone is 3. The summed E-state index contributed by atoms with van der Waals surface area (Å²) in [6.07, 6.45) is 2.05. The fourth-order valence-corrected chi connectivity index (χ4v) is 5.54. The molecule has 9 heteroatoms. The maximum absolute atomic E-state index is 13.8. The number of fused-ring (bicyclic) bond motifs is 1. The monoisotopic (exact) mass is 549 g/mol. The molecule has 2 aliphatic rings. The van der Waals surface area contributed by atoms with E-state index in [1.807, 2.05) is 24.3 Å². The van der Waals surface area contributed by atoms with E-state index in [4.69, 9.17) is 30.2 Å². The van der Waals surface area contributed by atoms with E-state index < -0.39 is 11.9 Å². The average Bonchev–Trinajstić information content (AvgIpc) is 2.93. The van der Waals surface area contributed by atoms with Crippen LogP contribution in [0, 0.1) is 0 Å². The van der Waals surface area contributed by atoms with E-state index in [9.17, 15) is 14.4 Å². The van der Waals surface area contributed by atoms with Crippen LogP contribution < -0.4 is 15.5 Å². The van der Waals surface area contributed by atoms with Crippen LogP contribution in [-0.4, -0.2) is 39.2 Å². The van der Waals surface area contributed by atoms with Crippen molar-refractivity contribution in [2.75, 3.05) is 27.4 Å². The first-order valence-corrected chi connectivity index (χ1v) is 12.9. The zero-order chi connectivity index (χ0) is 27.7. The van der Waals surface area contributed by atoms with E-state index in [0.29, 0.717) is 39.7 Å². The molecule has 3 aromatic rings. The fraction of sp³-hybridized carbons (Fsp3) is 0.300. The zero-order valence-corrected chi connectivity index (χ0v) is 22.6. The zero-order valence-electron chi connectivity index (χ0n) is 21.8. The molecular formula is C30H28ClNO7. The molecule has 39 heavy (non-hydrogen) atoms. The lowest BCUT2D eigenvalue weighted by molar-refractivity contribution is -0.140. The first-order chi connectivity index (χ1) is 18.8. The first-order valence-electron chi connectivity index (χ1n) is 12.6. The van der Waals surface area contributed by atoms with Gasteiger partial charge in [0, 0.05) is 41.1 Å². The number of methoxy groups -OCH3 is 2. The largest absolute Gasteiger partial charge is 0.497 e. The molecule has 0 unspecified atom stereocenters. The molecule has 8 nitrogen and oxygen atoms in total. The molecule has 0 saturated carbocycles. The average molecular weight is 550 g/mol. The van der Waals surface area contributed by atoms with Crippen LogP contribution in [0.4, 0.5) is 0 Å². The van der Waals surface area contributed by atoms with E-state index in [0.717, 1.165) is 5.56 Å². The van der Waals surface area contributed by atoms with E-state index in [1.165, 1.54) is 19.4 Å². The van der Waals surface area contributed by atoms with Crippen molar-refractivity contribution >= 4 is 34.3 Å². The molecule has 202 valence electrons. The molecule has 2 atom stereocenters. The minimum Gasteiger partial charge on any atom is -0.497 e. The number of benzene rings is 2. The molecule has 2 heterocycles. The van der Waals surface area contributed by atoms with Gasteiger partial charge in [-0.3, -0.25) is 9.59 Å². The molecule has 0 spiro atoms. The third kappa shape index (κ3) is 5.10. The van der Waals surface area contributed by atoms with Gasteiger partial charge in [0.2, 0.25) is 0 Å². The van der Waals surface area contributed by atoms with Crippen molar-refractivity contribution < 1.29 is 28.2 Å². The van der Waals surface area contributed by atoms with Gasteiger partial charge in [0.1, 0.15) is 17.9 Å². The lowest BCUT2D eigenvalue weighted by atomic mass is 9.72. The van der Waals surface area contributed by atoms with Gasteiger partial charge >= 0.3 is 5.97 Å². The van der Waals surface area contributed by atoms with Crippen LogP contribution in [0.15, 0.2) is 80.5 Å². The van der Waals surface area contributed by atoms with Crippen LogP contribution in [0.2, 0.25) is 5.02 Å². The third-order valence-electron chi connectivity index (χ3n) is 7.21. The van der Waals surface area contributed by atoms with Crippen molar-refractivity contribution in [3.63, 3.8) is 0 Å². The summed E-state index contributed by atoms with van der Waals surface area (Å²) in [4.78, 5) is 41.0. The van der Waals surface area contributed by atoms with Gasteiger partial charge in [0.05, 0.1) is 36.9 Å². The summed E-state index contributed by atoms with van der Waals surface area (Å²) in [7, 11) is 3.11. The Morgan fingerprint density at radius 2 is 1.92 bits per heavy atom. The van der Waals surface area contributed by atoms with Crippen LogP contribution in [0.1, 0.15) is 42.7 Å². The molecule has 0 saturated heterocycles.